The Morgan fingerprint density at radius 2 is 2.10 bits per heavy atom. The summed E-state index contributed by atoms with van der Waals surface area (Å²) in [6, 6.07) is 5.61. The molecule has 0 aromatic heterocycles. The maximum Gasteiger partial charge on any atom is 0.151 e. The van der Waals surface area contributed by atoms with Crippen LogP contribution >= 0.6 is 0 Å². The fraction of sp³-hybridized carbons (Fsp3) is 0.571. The van der Waals surface area contributed by atoms with Gasteiger partial charge in [0.05, 0.1) is 18.1 Å². The van der Waals surface area contributed by atoms with Gasteiger partial charge in [0.2, 0.25) is 0 Å². The van der Waals surface area contributed by atoms with Crippen molar-refractivity contribution in [2.24, 2.45) is 0 Å². The zero-order valence-corrected chi connectivity index (χ0v) is 12.7. The van der Waals surface area contributed by atoms with E-state index in [-0.39, 0.29) is 5.75 Å². The second-order valence-corrected chi connectivity index (χ2v) is 7.39. The molecule has 1 heterocycles. The van der Waals surface area contributed by atoms with E-state index in [2.05, 4.69) is 4.90 Å². The molecule has 0 bridgehead atoms. The summed E-state index contributed by atoms with van der Waals surface area (Å²) in [5.74, 6) is 1.35. The van der Waals surface area contributed by atoms with Crippen molar-refractivity contribution in [3.05, 3.63) is 23.8 Å². The van der Waals surface area contributed by atoms with Gasteiger partial charge in [0.15, 0.2) is 9.84 Å². The summed E-state index contributed by atoms with van der Waals surface area (Å²) in [5, 5.41) is 0. The highest BCUT2D eigenvalue weighted by atomic mass is 32.2. The normalized spacial score (nSPS) is 19.4. The summed E-state index contributed by atoms with van der Waals surface area (Å²) in [7, 11) is -2.87. The zero-order chi connectivity index (χ0) is 14.6. The molecule has 1 aromatic rings. The van der Waals surface area contributed by atoms with Crippen LogP contribution in [-0.4, -0.2) is 44.5 Å². The highest BCUT2D eigenvalue weighted by Gasteiger charge is 2.20. The number of nitrogens with zero attached hydrogens (tertiary/aromatic N) is 1. The third kappa shape index (κ3) is 4.11. The second-order valence-electron chi connectivity index (χ2n) is 5.08. The SMILES string of the molecule is CCOc1ccc(N)cc1CN1CCCS(=O)(=O)CC1. The van der Waals surface area contributed by atoms with Gasteiger partial charge in [-0.1, -0.05) is 0 Å². The molecule has 1 saturated heterocycles. The van der Waals surface area contributed by atoms with Crippen molar-refractivity contribution in [1.82, 2.24) is 4.90 Å². The van der Waals surface area contributed by atoms with Crippen molar-refractivity contribution in [2.45, 2.75) is 19.9 Å². The fourth-order valence-electron chi connectivity index (χ4n) is 2.41. The molecule has 5 nitrogen and oxygen atoms in total. The smallest absolute Gasteiger partial charge is 0.151 e. The van der Waals surface area contributed by atoms with Gasteiger partial charge in [-0.3, -0.25) is 4.90 Å². The Hall–Kier alpha value is -1.27. The first-order chi connectivity index (χ1) is 9.50. The first kappa shape index (κ1) is 15.1. The van der Waals surface area contributed by atoms with Crippen LogP contribution in [0, 0.1) is 0 Å². The first-order valence-corrected chi connectivity index (χ1v) is 8.76. The van der Waals surface area contributed by atoms with Crippen LogP contribution in [0.3, 0.4) is 0 Å². The molecule has 0 amide bonds. The van der Waals surface area contributed by atoms with Gasteiger partial charge in [-0.25, -0.2) is 8.42 Å². The van der Waals surface area contributed by atoms with E-state index in [0.717, 1.165) is 17.9 Å². The Morgan fingerprint density at radius 3 is 2.85 bits per heavy atom. The van der Waals surface area contributed by atoms with E-state index in [1.165, 1.54) is 0 Å². The highest BCUT2D eigenvalue weighted by molar-refractivity contribution is 7.91. The summed E-state index contributed by atoms with van der Waals surface area (Å²) in [5.41, 5.74) is 7.55. The van der Waals surface area contributed by atoms with E-state index in [0.29, 0.717) is 37.6 Å². The molecule has 1 aromatic carbocycles. The average molecular weight is 298 g/mol. The molecule has 2 rings (SSSR count). The van der Waals surface area contributed by atoms with Gasteiger partial charge in [0, 0.05) is 24.3 Å². The molecular formula is C14H22N2O3S. The minimum atomic E-state index is -2.87. The molecule has 0 atom stereocenters. The van der Waals surface area contributed by atoms with Crippen LogP contribution < -0.4 is 10.5 Å². The standard InChI is InChI=1S/C14H22N2O3S/c1-2-19-14-5-4-13(15)10-12(14)11-16-6-3-8-20(17,18)9-7-16/h4-5,10H,2-3,6-9,11,15H2,1H3. The van der Waals surface area contributed by atoms with Gasteiger partial charge in [-0.2, -0.15) is 0 Å². The van der Waals surface area contributed by atoms with Crippen LogP contribution in [0.2, 0.25) is 0 Å². The first-order valence-electron chi connectivity index (χ1n) is 6.94. The summed E-state index contributed by atoms with van der Waals surface area (Å²) in [4.78, 5) is 2.15. The number of nitrogens with two attached hydrogens (primary N) is 1. The molecule has 1 fully saturated rings. The maximum atomic E-state index is 11.6. The number of hydrogen-bond donors (Lipinski definition) is 1. The molecule has 0 radical (unpaired) electrons. The van der Waals surface area contributed by atoms with Crippen LogP contribution in [0.1, 0.15) is 18.9 Å². The Labute approximate surface area is 120 Å². The zero-order valence-electron chi connectivity index (χ0n) is 11.8. The number of benzene rings is 1. The van der Waals surface area contributed by atoms with Gasteiger partial charge < -0.3 is 10.5 Å². The lowest BCUT2D eigenvalue weighted by Crippen LogP contribution is -2.27. The van der Waals surface area contributed by atoms with Crippen molar-refractivity contribution >= 4 is 15.5 Å². The number of ether oxygens (including phenoxy) is 1. The van der Waals surface area contributed by atoms with Gasteiger partial charge in [0.1, 0.15) is 5.75 Å². The van der Waals surface area contributed by atoms with E-state index in [1.54, 1.807) is 0 Å². The molecule has 0 unspecified atom stereocenters. The van der Waals surface area contributed by atoms with E-state index in [4.69, 9.17) is 10.5 Å². The van der Waals surface area contributed by atoms with Crippen LogP contribution in [0.15, 0.2) is 18.2 Å². The Balaban J connectivity index is 2.11. The number of rotatable bonds is 4. The summed E-state index contributed by atoms with van der Waals surface area (Å²) < 4.78 is 28.8. The number of hydrogen-bond acceptors (Lipinski definition) is 5. The van der Waals surface area contributed by atoms with Gasteiger partial charge >= 0.3 is 0 Å². The predicted octanol–water partition coefficient (Wildman–Crippen LogP) is 1.29. The molecule has 20 heavy (non-hydrogen) atoms. The quantitative estimate of drug-likeness (QED) is 0.848. The van der Waals surface area contributed by atoms with E-state index in [9.17, 15) is 8.42 Å². The largest absolute Gasteiger partial charge is 0.494 e. The topological polar surface area (TPSA) is 72.6 Å². The van der Waals surface area contributed by atoms with Gasteiger partial charge in [-0.15, -0.1) is 0 Å². The molecule has 0 spiro atoms. The van der Waals surface area contributed by atoms with Crippen LogP contribution in [-0.2, 0) is 16.4 Å². The summed E-state index contributed by atoms with van der Waals surface area (Å²) in [6.07, 6.45) is 0.689. The monoisotopic (exact) mass is 298 g/mol. The molecule has 0 saturated carbocycles. The predicted molar refractivity (Wildman–Crippen MR) is 80.6 cm³/mol. The molecule has 112 valence electrons. The van der Waals surface area contributed by atoms with Crippen molar-refractivity contribution in [2.75, 3.05) is 36.9 Å². The Bertz CT molecular complexity index is 558. The molecule has 1 aliphatic rings. The fourth-order valence-corrected chi connectivity index (χ4v) is 3.72. The van der Waals surface area contributed by atoms with Crippen molar-refractivity contribution in [3.63, 3.8) is 0 Å². The molecule has 6 heteroatoms. The van der Waals surface area contributed by atoms with Crippen LogP contribution in [0.5, 0.6) is 5.75 Å². The van der Waals surface area contributed by atoms with Crippen LogP contribution in [0.4, 0.5) is 5.69 Å². The second kappa shape index (κ2) is 6.45. The summed E-state index contributed by atoms with van der Waals surface area (Å²) in [6.45, 7) is 4.59. The maximum absolute atomic E-state index is 11.6. The van der Waals surface area contributed by atoms with E-state index in [1.807, 2.05) is 25.1 Å². The number of sulfone groups is 1. The minimum Gasteiger partial charge on any atom is -0.494 e. The van der Waals surface area contributed by atoms with E-state index >= 15 is 0 Å². The molecule has 0 aliphatic carbocycles. The van der Waals surface area contributed by atoms with Crippen LogP contribution in [0.25, 0.3) is 0 Å². The summed E-state index contributed by atoms with van der Waals surface area (Å²) >= 11 is 0. The van der Waals surface area contributed by atoms with Crippen molar-refractivity contribution < 1.29 is 13.2 Å². The number of anilines is 1. The Kier molecular flexibility index (Phi) is 4.88. The average Bonchev–Trinajstić information content (AvgIpc) is 2.55. The molecular weight excluding hydrogens is 276 g/mol. The lowest BCUT2D eigenvalue weighted by molar-refractivity contribution is 0.275. The third-order valence-corrected chi connectivity index (χ3v) is 5.14. The van der Waals surface area contributed by atoms with Gasteiger partial charge in [0.25, 0.3) is 0 Å². The lowest BCUT2D eigenvalue weighted by atomic mass is 10.1. The third-order valence-electron chi connectivity index (χ3n) is 3.43. The number of nitrogen functional groups attached to an aromatic ring is 1. The Morgan fingerprint density at radius 1 is 1.30 bits per heavy atom. The molecule has 2 N–H and O–H groups in total. The highest BCUT2D eigenvalue weighted by Crippen LogP contribution is 2.23. The van der Waals surface area contributed by atoms with Crippen molar-refractivity contribution in [1.29, 1.82) is 0 Å². The molecule has 1 aliphatic heterocycles. The minimum absolute atomic E-state index is 0.235. The van der Waals surface area contributed by atoms with E-state index < -0.39 is 9.84 Å². The van der Waals surface area contributed by atoms with Gasteiger partial charge in [-0.05, 0) is 38.1 Å². The lowest BCUT2D eigenvalue weighted by Gasteiger charge is -2.21. The van der Waals surface area contributed by atoms with Crippen molar-refractivity contribution in [3.8, 4) is 5.75 Å².